The second-order valence-corrected chi connectivity index (χ2v) is 4.15. The van der Waals surface area contributed by atoms with E-state index in [4.69, 9.17) is 9.66 Å². The third-order valence-electron chi connectivity index (χ3n) is 1.43. The summed E-state index contributed by atoms with van der Waals surface area (Å²) in [5.41, 5.74) is 0. The summed E-state index contributed by atoms with van der Waals surface area (Å²) in [4.78, 5) is 20.7. The van der Waals surface area contributed by atoms with Gasteiger partial charge in [0.05, 0.1) is 0 Å². The van der Waals surface area contributed by atoms with Crippen molar-refractivity contribution in [1.29, 1.82) is 0 Å². The van der Waals surface area contributed by atoms with E-state index in [9.17, 15) is 18.0 Å². The number of carbonyl (C=O) groups is 2. The van der Waals surface area contributed by atoms with Crippen molar-refractivity contribution in [2.75, 3.05) is 0 Å². The zero-order valence-corrected chi connectivity index (χ0v) is 7.74. The monoisotopic (exact) mass is 210 g/mol. The fourth-order valence-corrected chi connectivity index (χ4v) is 1.65. The van der Waals surface area contributed by atoms with Gasteiger partial charge in [-0.25, -0.2) is 0 Å². The molecule has 0 aliphatic carbocycles. The summed E-state index contributed by atoms with van der Waals surface area (Å²) in [6.07, 6.45) is -0.868. The minimum atomic E-state index is -4.47. The molecule has 0 heterocycles. The summed E-state index contributed by atoms with van der Waals surface area (Å²) in [5.74, 6) is -1.97. The van der Waals surface area contributed by atoms with Crippen molar-refractivity contribution in [3.8, 4) is 0 Å². The molecule has 0 aromatic rings. The Hall–Kier alpha value is -0.950. The molecule has 7 heteroatoms. The standard InChI is InChI=1S/C6H10O6S/c1-4(7)5(13(10,11)12)2-3-6(8)9/h5H,2-3H2,1H3,(H,8,9)(H,10,11,12). The molecule has 0 aromatic heterocycles. The molecule has 0 aliphatic heterocycles. The molecule has 76 valence electrons. The molecule has 13 heavy (non-hydrogen) atoms. The SMILES string of the molecule is CC(=O)C(CCC(=O)O)S(=O)(=O)O. The Bertz CT molecular complexity index is 303. The lowest BCUT2D eigenvalue weighted by atomic mass is 10.2. The van der Waals surface area contributed by atoms with Gasteiger partial charge in [0.2, 0.25) is 0 Å². The van der Waals surface area contributed by atoms with Crippen molar-refractivity contribution in [3.63, 3.8) is 0 Å². The highest BCUT2D eigenvalue weighted by Crippen LogP contribution is 2.08. The maximum absolute atomic E-state index is 10.7. The van der Waals surface area contributed by atoms with Crippen molar-refractivity contribution in [1.82, 2.24) is 0 Å². The topological polar surface area (TPSA) is 109 Å². The van der Waals surface area contributed by atoms with Gasteiger partial charge in [-0.15, -0.1) is 0 Å². The van der Waals surface area contributed by atoms with E-state index < -0.39 is 40.0 Å². The molecular formula is C6H10O6S. The molecule has 1 atom stereocenters. The minimum absolute atomic E-state index is 0.399. The highest BCUT2D eigenvalue weighted by Gasteiger charge is 2.27. The van der Waals surface area contributed by atoms with Crippen LogP contribution in [0.3, 0.4) is 0 Å². The predicted molar refractivity (Wildman–Crippen MR) is 42.9 cm³/mol. The van der Waals surface area contributed by atoms with Crippen LogP contribution in [-0.2, 0) is 19.7 Å². The molecule has 6 nitrogen and oxygen atoms in total. The van der Waals surface area contributed by atoms with Gasteiger partial charge < -0.3 is 5.11 Å². The Kier molecular flexibility index (Phi) is 4.02. The van der Waals surface area contributed by atoms with Crippen LogP contribution in [0.5, 0.6) is 0 Å². The Morgan fingerprint density at radius 3 is 2.08 bits per heavy atom. The second kappa shape index (κ2) is 4.33. The summed E-state index contributed by atoms with van der Waals surface area (Å²) < 4.78 is 29.6. The Morgan fingerprint density at radius 1 is 1.38 bits per heavy atom. The first-order valence-corrected chi connectivity index (χ1v) is 4.94. The summed E-state index contributed by atoms with van der Waals surface area (Å²) in [6, 6.07) is 0. The summed E-state index contributed by atoms with van der Waals surface area (Å²) >= 11 is 0. The number of carbonyl (C=O) groups excluding carboxylic acids is 1. The average Bonchev–Trinajstić information content (AvgIpc) is 1.81. The number of hydrogen-bond donors (Lipinski definition) is 2. The molecule has 1 unspecified atom stereocenters. The summed E-state index contributed by atoms with van der Waals surface area (Å²) in [6.45, 7) is 0.986. The van der Waals surface area contributed by atoms with Gasteiger partial charge in [0.1, 0.15) is 11.0 Å². The molecule has 0 saturated heterocycles. The molecule has 0 saturated carbocycles. The first-order valence-electron chi connectivity index (χ1n) is 3.43. The zero-order valence-electron chi connectivity index (χ0n) is 6.93. The lowest BCUT2D eigenvalue weighted by Crippen LogP contribution is -2.28. The van der Waals surface area contributed by atoms with Gasteiger partial charge in [0.15, 0.2) is 0 Å². The van der Waals surface area contributed by atoms with Gasteiger partial charge in [0.25, 0.3) is 10.1 Å². The first-order chi connectivity index (χ1) is 5.75. The largest absolute Gasteiger partial charge is 0.481 e. The number of ketones is 1. The zero-order chi connectivity index (χ0) is 10.6. The smallest absolute Gasteiger partial charge is 0.303 e. The van der Waals surface area contributed by atoms with Gasteiger partial charge >= 0.3 is 5.97 Å². The first kappa shape index (κ1) is 12.0. The van der Waals surface area contributed by atoms with Gasteiger partial charge in [0, 0.05) is 6.42 Å². The highest BCUT2D eigenvalue weighted by molar-refractivity contribution is 7.87. The van der Waals surface area contributed by atoms with Crippen LogP contribution in [0, 0.1) is 0 Å². The van der Waals surface area contributed by atoms with Crippen molar-refractivity contribution in [2.24, 2.45) is 0 Å². The summed E-state index contributed by atoms with van der Waals surface area (Å²) in [5, 5.41) is 6.60. The number of Topliss-reactive ketones (excluding diaryl/α,β-unsaturated/α-hetero) is 1. The number of aliphatic carboxylic acids is 1. The van der Waals surface area contributed by atoms with E-state index in [1.165, 1.54) is 0 Å². The second-order valence-electron chi connectivity index (χ2n) is 2.55. The molecule has 0 fully saturated rings. The van der Waals surface area contributed by atoms with Crippen LogP contribution in [-0.4, -0.2) is 35.1 Å². The molecule has 0 spiro atoms. The fraction of sp³-hybridized carbons (Fsp3) is 0.667. The lowest BCUT2D eigenvalue weighted by molar-refractivity contribution is -0.137. The Balaban J connectivity index is 4.47. The molecular weight excluding hydrogens is 200 g/mol. The van der Waals surface area contributed by atoms with Crippen molar-refractivity contribution in [3.05, 3.63) is 0 Å². The van der Waals surface area contributed by atoms with Crippen molar-refractivity contribution in [2.45, 2.75) is 25.0 Å². The van der Waals surface area contributed by atoms with Crippen molar-refractivity contribution < 1.29 is 27.7 Å². The molecule has 2 N–H and O–H groups in total. The van der Waals surface area contributed by atoms with Crippen LogP contribution >= 0.6 is 0 Å². The Labute approximate surface area is 75.3 Å². The lowest BCUT2D eigenvalue weighted by Gasteiger charge is -2.07. The third kappa shape index (κ3) is 4.58. The number of hydrogen-bond acceptors (Lipinski definition) is 4. The predicted octanol–water partition coefficient (Wildman–Crippen LogP) is -0.303. The normalized spacial score (nSPS) is 13.7. The fourth-order valence-electron chi connectivity index (χ4n) is 0.816. The van der Waals surface area contributed by atoms with Crippen LogP contribution < -0.4 is 0 Å². The van der Waals surface area contributed by atoms with Gasteiger partial charge in [-0.1, -0.05) is 0 Å². The molecule has 0 aromatic carbocycles. The van der Waals surface area contributed by atoms with Crippen LogP contribution in [0.4, 0.5) is 0 Å². The molecule has 0 rings (SSSR count). The highest BCUT2D eigenvalue weighted by atomic mass is 32.2. The van der Waals surface area contributed by atoms with E-state index in [2.05, 4.69) is 0 Å². The van der Waals surface area contributed by atoms with Crippen LogP contribution in [0.1, 0.15) is 19.8 Å². The van der Waals surface area contributed by atoms with E-state index in [0.717, 1.165) is 6.92 Å². The molecule has 0 amide bonds. The number of rotatable bonds is 5. The van der Waals surface area contributed by atoms with E-state index in [0.29, 0.717) is 0 Å². The van der Waals surface area contributed by atoms with Crippen LogP contribution in [0.25, 0.3) is 0 Å². The van der Waals surface area contributed by atoms with Gasteiger partial charge in [-0.05, 0) is 13.3 Å². The van der Waals surface area contributed by atoms with Gasteiger partial charge in [-0.2, -0.15) is 8.42 Å². The minimum Gasteiger partial charge on any atom is -0.481 e. The maximum Gasteiger partial charge on any atom is 0.303 e. The molecule has 0 aliphatic rings. The van der Waals surface area contributed by atoms with Crippen LogP contribution in [0.15, 0.2) is 0 Å². The molecule has 0 radical (unpaired) electrons. The third-order valence-corrected chi connectivity index (χ3v) is 2.72. The molecule has 0 bridgehead atoms. The van der Waals surface area contributed by atoms with E-state index in [1.54, 1.807) is 0 Å². The number of carboxylic acid groups (broad SMARTS) is 1. The maximum atomic E-state index is 10.7. The van der Waals surface area contributed by atoms with E-state index >= 15 is 0 Å². The van der Waals surface area contributed by atoms with Gasteiger partial charge in [-0.3, -0.25) is 14.1 Å². The quantitative estimate of drug-likeness (QED) is 0.603. The average molecular weight is 210 g/mol. The Morgan fingerprint density at radius 2 is 1.85 bits per heavy atom. The van der Waals surface area contributed by atoms with Crippen LogP contribution in [0.2, 0.25) is 0 Å². The van der Waals surface area contributed by atoms with E-state index in [-0.39, 0.29) is 0 Å². The van der Waals surface area contributed by atoms with E-state index in [1.807, 2.05) is 0 Å². The van der Waals surface area contributed by atoms with Crippen molar-refractivity contribution >= 4 is 21.9 Å². The number of carboxylic acids is 1. The summed E-state index contributed by atoms with van der Waals surface area (Å²) in [7, 11) is -4.47.